The number of aromatic nitrogens is 1. The van der Waals surface area contributed by atoms with E-state index in [0.717, 1.165) is 19.3 Å². The lowest BCUT2D eigenvalue weighted by Gasteiger charge is -2.22. The highest BCUT2D eigenvalue weighted by Crippen LogP contribution is 2.59. The fraction of sp³-hybridized carbons (Fsp3) is 0.600. The van der Waals surface area contributed by atoms with Gasteiger partial charge in [-0.25, -0.2) is 4.98 Å². The quantitative estimate of drug-likeness (QED) is 0.922. The highest BCUT2D eigenvalue weighted by molar-refractivity contribution is 5.95. The average Bonchev–Trinajstić information content (AvgIpc) is 3.20. The molecular weight excluding hydrogens is 313 g/mol. The molecule has 0 bridgehead atoms. The van der Waals surface area contributed by atoms with Gasteiger partial charge in [0.05, 0.1) is 11.9 Å². The summed E-state index contributed by atoms with van der Waals surface area (Å²) in [5, 5.41) is 2.75. The van der Waals surface area contributed by atoms with Crippen LogP contribution >= 0.6 is 0 Å². The van der Waals surface area contributed by atoms with E-state index in [0.29, 0.717) is 18.9 Å². The van der Waals surface area contributed by atoms with Gasteiger partial charge in [0.25, 0.3) is 0 Å². The van der Waals surface area contributed by atoms with Crippen molar-refractivity contribution in [2.24, 2.45) is 11.3 Å². The molecule has 23 heavy (non-hydrogen) atoms. The number of nitrogens with zero attached hydrogens (tertiary/aromatic N) is 1. The lowest BCUT2D eigenvalue weighted by atomic mass is 9.93. The molecule has 1 N–H and O–H groups in total. The molecule has 0 radical (unpaired) electrons. The second-order valence-electron chi connectivity index (χ2n) is 6.01. The van der Waals surface area contributed by atoms with E-state index in [9.17, 15) is 18.0 Å². The number of alkyl halides is 3. The molecule has 1 aromatic rings. The summed E-state index contributed by atoms with van der Waals surface area (Å²) in [5.41, 5.74) is 0.523. The van der Waals surface area contributed by atoms with E-state index in [1.165, 1.54) is 18.3 Å². The van der Waals surface area contributed by atoms with Gasteiger partial charge in [-0.3, -0.25) is 4.79 Å². The Morgan fingerprint density at radius 2 is 2.13 bits per heavy atom. The van der Waals surface area contributed by atoms with E-state index < -0.39 is 12.8 Å². The molecule has 0 aromatic carbocycles. The van der Waals surface area contributed by atoms with Crippen molar-refractivity contribution >= 4 is 11.6 Å². The van der Waals surface area contributed by atoms with Crippen molar-refractivity contribution in [1.29, 1.82) is 0 Å². The van der Waals surface area contributed by atoms with Gasteiger partial charge in [-0.05, 0) is 30.7 Å². The van der Waals surface area contributed by atoms with E-state index in [4.69, 9.17) is 4.74 Å². The molecule has 2 heterocycles. The number of carbonyl (C=O) groups excluding carboxylic acids is 1. The summed E-state index contributed by atoms with van der Waals surface area (Å²) in [6.07, 6.45) is -0.454. The lowest BCUT2D eigenvalue weighted by molar-refractivity contribution is -0.154. The summed E-state index contributed by atoms with van der Waals surface area (Å²) in [6, 6.07) is 2.79. The molecule has 1 saturated heterocycles. The molecule has 2 fully saturated rings. The van der Waals surface area contributed by atoms with Crippen molar-refractivity contribution in [2.45, 2.75) is 25.4 Å². The largest absolute Gasteiger partial charge is 0.468 e. The van der Waals surface area contributed by atoms with Gasteiger partial charge in [0.2, 0.25) is 11.8 Å². The minimum absolute atomic E-state index is 0.0208. The first-order chi connectivity index (χ1) is 10.9. The Kier molecular flexibility index (Phi) is 4.18. The second-order valence-corrected chi connectivity index (χ2v) is 6.01. The number of halogens is 3. The van der Waals surface area contributed by atoms with Crippen molar-refractivity contribution in [2.75, 3.05) is 25.1 Å². The van der Waals surface area contributed by atoms with Crippen molar-refractivity contribution < 1.29 is 27.4 Å². The SMILES string of the molecule is O=C(Nc1ccc(OCC(F)(F)F)nc1)[C@@H]1CC12CCOCC2. The summed E-state index contributed by atoms with van der Waals surface area (Å²) in [5.74, 6) is -0.224. The molecule has 1 amide bonds. The van der Waals surface area contributed by atoms with Gasteiger partial charge in [0.15, 0.2) is 6.61 Å². The van der Waals surface area contributed by atoms with E-state index in [1.54, 1.807) is 0 Å². The van der Waals surface area contributed by atoms with Crippen LogP contribution in [0.3, 0.4) is 0 Å². The Bertz CT molecular complexity index is 568. The molecule has 1 aromatic heterocycles. The van der Waals surface area contributed by atoms with Crippen molar-refractivity contribution in [1.82, 2.24) is 4.98 Å². The number of hydrogen-bond donors (Lipinski definition) is 1. The minimum atomic E-state index is -4.40. The first-order valence-electron chi connectivity index (χ1n) is 7.42. The van der Waals surface area contributed by atoms with Gasteiger partial charge in [-0.2, -0.15) is 13.2 Å². The smallest absolute Gasteiger partial charge is 0.422 e. The van der Waals surface area contributed by atoms with Crippen molar-refractivity contribution in [3.63, 3.8) is 0 Å². The summed E-state index contributed by atoms with van der Waals surface area (Å²) in [6.45, 7) is -0.00841. The van der Waals surface area contributed by atoms with Crippen LogP contribution < -0.4 is 10.1 Å². The highest BCUT2D eigenvalue weighted by Gasteiger charge is 2.57. The molecule has 2 aliphatic rings. The summed E-state index contributed by atoms with van der Waals surface area (Å²) in [7, 11) is 0. The third-order valence-electron chi connectivity index (χ3n) is 4.38. The number of amides is 1. The molecule has 3 rings (SSSR count). The molecule has 5 nitrogen and oxygen atoms in total. The summed E-state index contributed by atoms with van der Waals surface area (Å²) in [4.78, 5) is 16.0. The number of hydrogen-bond acceptors (Lipinski definition) is 4. The van der Waals surface area contributed by atoms with Crippen LogP contribution in [-0.2, 0) is 9.53 Å². The maximum absolute atomic E-state index is 12.2. The number of nitrogens with one attached hydrogen (secondary N) is 1. The molecule has 8 heteroatoms. The number of ether oxygens (including phenoxy) is 2. The molecule has 1 spiro atoms. The van der Waals surface area contributed by atoms with E-state index in [1.807, 2.05) is 0 Å². The number of anilines is 1. The third kappa shape index (κ3) is 3.93. The molecule has 1 aliphatic heterocycles. The monoisotopic (exact) mass is 330 g/mol. The zero-order valence-corrected chi connectivity index (χ0v) is 12.4. The first kappa shape index (κ1) is 16.0. The van der Waals surface area contributed by atoms with Crippen LogP contribution in [0.2, 0.25) is 0 Å². The highest BCUT2D eigenvalue weighted by atomic mass is 19.4. The predicted molar refractivity (Wildman–Crippen MR) is 75.0 cm³/mol. The standard InChI is InChI=1S/C15H17F3N2O3/c16-15(17,18)9-23-12-2-1-10(8-19-12)20-13(21)11-7-14(11)3-5-22-6-4-14/h1-2,8,11H,3-7,9H2,(H,20,21)/t11-/m0/s1. The third-order valence-corrected chi connectivity index (χ3v) is 4.38. The van der Waals surface area contributed by atoms with Crippen LogP contribution in [0.15, 0.2) is 18.3 Å². The van der Waals surface area contributed by atoms with Crippen LogP contribution in [0.5, 0.6) is 5.88 Å². The Morgan fingerprint density at radius 3 is 2.74 bits per heavy atom. The number of carbonyl (C=O) groups is 1. The van der Waals surface area contributed by atoms with Gasteiger partial charge in [-0.1, -0.05) is 0 Å². The van der Waals surface area contributed by atoms with Crippen molar-refractivity contribution in [3.8, 4) is 5.88 Å². The van der Waals surface area contributed by atoms with Crippen LogP contribution in [-0.4, -0.2) is 36.9 Å². The van der Waals surface area contributed by atoms with Crippen LogP contribution in [0.4, 0.5) is 18.9 Å². The Morgan fingerprint density at radius 1 is 1.39 bits per heavy atom. The van der Waals surface area contributed by atoms with Crippen molar-refractivity contribution in [3.05, 3.63) is 18.3 Å². The van der Waals surface area contributed by atoms with Gasteiger partial charge in [-0.15, -0.1) is 0 Å². The van der Waals surface area contributed by atoms with Crippen LogP contribution in [0.1, 0.15) is 19.3 Å². The van der Waals surface area contributed by atoms with Gasteiger partial charge >= 0.3 is 6.18 Å². The van der Waals surface area contributed by atoms with Gasteiger partial charge in [0.1, 0.15) is 0 Å². The molecular formula is C15H17F3N2O3. The number of rotatable bonds is 4. The molecule has 1 saturated carbocycles. The minimum Gasteiger partial charge on any atom is -0.468 e. The first-order valence-corrected chi connectivity index (χ1v) is 7.42. The summed E-state index contributed by atoms with van der Waals surface area (Å²) < 4.78 is 46.0. The average molecular weight is 330 g/mol. The molecule has 0 unspecified atom stereocenters. The van der Waals surface area contributed by atoms with Gasteiger partial charge < -0.3 is 14.8 Å². The van der Waals surface area contributed by atoms with E-state index in [-0.39, 0.29) is 23.1 Å². The Hall–Kier alpha value is -1.83. The topological polar surface area (TPSA) is 60.5 Å². The maximum atomic E-state index is 12.2. The zero-order chi connectivity index (χ0) is 16.5. The molecule has 126 valence electrons. The predicted octanol–water partition coefficient (Wildman–Crippen LogP) is 2.78. The second kappa shape index (κ2) is 5.99. The van der Waals surface area contributed by atoms with Crippen LogP contribution in [0.25, 0.3) is 0 Å². The van der Waals surface area contributed by atoms with Crippen LogP contribution in [0, 0.1) is 11.3 Å². The maximum Gasteiger partial charge on any atom is 0.422 e. The summed E-state index contributed by atoms with van der Waals surface area (Å²) >= 11 is 0. The normalized spacial score (nSPS) is 22.7. The lowest BCUT2D eigenvalue weighted by Crippen LogP contribution is -2.24. The fourth-order valence-corrected chi connectivity index (χ4v) is 2.97. The number of pyridine rings is 1. The molecule has 1 aliphatic carbocycles. The van der Waals surface area contributed by atoms with E-state index in [2.05, 4.69) is 15.0 Å². The van der Waals surface area contributed by atoms with Gasteiger partial charge in [0, 0.05) is 25.2 Å². The van der Waals surface area contributed by atoms with E-state index >= 15 is 0 Å². The Labute approximate surface area is 131 Å². The fourth-order valence-electron chi connectivity index (χ4n) is 2.97. The zero-order valence-electron chi connectivity index (χ0n) is 12.4. The Balaban J connectivity index is 1.51. The molecule has 1 atom stereocenters.